The second kappa shape index (κ2) is 12.7. The van der Waals surface area contributed by atoms with Crippen LogP contribution in [0.3, 0.4) is 0 Å². The number of sulfonamides is 1. The van der Waals surface area contributed by atoms with Crippen LogP contribution in [0.2, 0.25) is 0 Å². The molecule has 0 heterocycles. The molecule has 4 aromatic rings. The Kier molecular flexibility index (Phi) is 8.93. The molecule has 204 valence electrons. The van der Waals surface area contributed by atoms with E-state index in [4.69, 9.17) is 9.47 Å². The van der Waals surface area contributed by atoms with E-state index in [9.17, 15) is 18.0 Å². The number of nitrogens with zero attached hydrogens (tertiary/aromatic N) is 1. The molecule has 40 heavy (non-hydrogen) atoms. The summed E-state index contributed by atoms with van der Waals surface area (Å²) in [4.78, 5) is 24.9. The SMILES string of the molecule is CCOc1ccc(C(=O)Oc2ccc(/C=N/NC(=O)c3ccc(NS(=O)(=O)c4ccc(C)cc4)cc3)cc2)cc1. The second-order valence-corrected chi connectivity index (χ2v) is 10.3. The van der Waals surface area contributed by atoms with Crippen molar-refractivity contribution in [2.75, 3.05) is 11.3 Å². The largest absolute Gasteiger partial charge is 0.494 e. The van der Waals surface area contributed by atoms with Gasteiger partial charge < -0.3 is 9.47 Å². The molecule has 0 aliphatic heterocycles. The molecule has 0 radical (unpaired) electrons. The Morgan fingerprint density at radius 3 is 2.02 bits per heavy atom. The van der Waals surface area contributed by atoms with Crippen molar-refractivity contribution >= 4 is 33.8 Å². The Bertz CT molecular complexity index is 1600. The Labute approximate surface area is 232 Å². The molecule has 0 saturated carbocycles. The first-order valence-corrected chi connectivity index (χ1v) is 13.8. The lowest BCUT2D eigenvalue weighted by Gasteiger charge is -2.09. The van der Waals surface area contributed by atoms with Gasteiger partial charge in [0.2, 0.25) is 0 Å². The van der Waals surface area contributed by atoms with Crippen molar-refractivity contribution in [3.63, 3.8) is 0 Å². The first kappa shape index (κ1) is 28.1. The zero-order valence-corrected chi connectivity index (χ0v) is 22.6. The molecule has 0 unspecified atom stereocenters. The van der Waals surface area contributed by atoms with Crippen molar-refractivity contribution in [2.45, 2.75) is 18.7 Å². The van der Waals surface area contributed by atoms with Crippen LogP contribution in [0.4, 0.5) is 5.69 Å². The molecular formula is C30H27N3O6S. The van der Waals surface area contributed by atoms with Crippen molar-refractivity contribution in [3.8, 4) is 11.5 Å². The predicted molar refractivity (Wildman–Crippen MR) is 153 cm³/mol. The highest BCUT2D eigenvalue weighted by Crippen LogP contribution is 2.18. The van der Waals surface area contributed by atoms with Gasteiger partial charge in [-0.2, -0.15) is 5.10 Å². The quantitative estimate of drug-likeness (QED) is 0.120. The Morgan fingerprint density at radius 1 is 0.800 bits per heavy atom. The highest BCUT2D eigenvalue weighted by Gasteiger charge is 2.14. The summed E-state index contributed by atoms with van der Waals surface area (Å²) in [5, 5.41) is 3.95. The van der Waals surface area contributed by atoms with E-state index < -0.39 is 21.9 Å². The Hall–Kier alpha value is -4.96. The molecule has 0 spiro atoms. The van der Waals surface area contributed by atoms with Gasteiger partial charge in [0.25, 0.3) is 15.9 Å². The van der Waals surface area contributed by atoms with Crippen LogP contribution >= 0.6 is 0 Å². The van der Waals surface area contributed by atoms with Gasteiger partial charge in [-0.1, -0.05) is 17.7 Å². The van der Waals surface area contributed by atoms with Gasteiger partial charge in [-0.3, -0.25) is 9.52 Å². The first-order chi connectivity index (χ1) is 19.2. The number of aryl methyl sites for hydroxylation is 1. The van der Waals surface area contributed by atoms with E-state index in [1.165, 1.54) is 42.6 Å². The number of hydrogen-bond donors (Lipinski definition) is 2. The van der Waals surface area contributed by atoms with E-state index >= 15 is 0 Å². The molecule has 2 N–H and O–H groups in total. The van der Waals surface area contributed by atoms with E-state index in [-0.39, 0.29) is 4.90 Å². The van der Waals surface area contributed by atoms with Crippen molar-refractivity contribution < 1.29 is 27.5 Å². The van der Waals surface area contributed by atoms with E-state index in [0.29, 0.717) is 40.5 Å². The number of amides is 1. The summed E-state index contributed by atoms with van der Waals surface area (Å²) in [6, 6.07) is 25.8. The van der Waals surface area contributed by atoms with E-state index in [2.05, 4.69) is 15.2 Å². The number of ether oxygens (including phenoxy) is 2. The number of benzene rings is 4. The normalized spacial score (nSPS) is 11.2. The molecule has 0 bridgehead atoms. The lowest BCUT2D eigenvalue weighted by molar-refractivity contribution is 0.0734. The fourth-order valence-electron chi connectivity index (χ4n) is 3.49. The summed E-state index contributed by atoms with van der Waals surface area (Å²) in [6.07, 6.45) is 1.44. The smallest absolute Gasteiger partial charge is 0.343 e. The van der Waals surface area contributed by atoms with Crippen LogP contribution in [0.5, 0.6) is 11.5 Å². The fraction of sp³-hybridized carbons (Fsp3) is 0.100. The van der Waals surface area contributed by atoms with Gasteiger partial charge in [0.1, 0.15) is 11.5 Å². The van der Waals surface area contributed by atoms with Crippen LogP contribution in [0, 0.1) is 6.92 Å². The average molecular weight is 558 g/mol. The summed E-state index contributed by atoms with van der Waals surface area (Å²) in [5.74, 6) is 0.0714. The molecule has 0 atom stereocenters. The number of carbonyl (C=O) groups is 2. The van der Waals surface area contributed by atoms with Gasteiger partial charge in [-0.05, 0) is 104 Å². The fourth-order valence-corrected chi connectivity index (χ4v) is 4.55. The highest BCUT2D eigenvalue weighted by molar-refractivity contribution is 7.92. The standard InChI is InChI=1S/C30H27N3O6S/c1-3-38-26-16-10-24(11-17-26)30(35)39-27-14-6-22(7-15-27)20-31-32-29(34)23-8-12-25(13-9-23)33-40(36,37)28-18-4-21(2)5-19-28/h4-20,33H,3H2,1-2H3,(H,32,34)/b31-20+. The molecular weight excluding hydrogens is 530 g/mol. The lowest BCUT2D eigenvalue weighted by Crippen LogP contribution is -2.18. The molecule has 9 nitrogen and oxygen atoms in total. The molecule has 0 saturated heterocycles. The molecule has 10 heteroatoms. The number of nitrogens with one attached hydrogen (secondary N) is 2. The zero-order valence-electron chi connectivity index (χ0n) is 21.8. The van der Waals surface area contributed by atoms with Gasteiger partial charge >= 0.3 is 5.97 Å². The maximum Gasteiger partial charge on any atom is 0.343 e. The minimum Gasteiger partial charge on any atom is -0.494 e. The second-order valence-electron chi connectivity index (χ2n) is 8.61. The summed E-state index contributed by atoms with van der Waals surface area (Å²) in [7, 11) is -3.74. The van der Waals surface area contributed by atoms with Gasteiger partial charge in [-0.25, -0.2) is 18.6 Å². The summed E-state index contributed by atoms with van der Waals surface area (Å²) >= 11 is 0. The third kappa shape index (κ3) is 7.55. The number of esters is 1. The van der Waals surface area contributed by atoms with Crippen molar-refractivity contribution in [1.82, 2.24) is 5.43 Å². The van der Waals surface area contributed by atoms with E-state index in [1.807, 2.05) is 13.8 Å². The summed E-state index contributed by atoms with van der Waals surface area (Å²) in [6.45, 7) is 4.29. The number of rotatable bonds is 10. The minimum absolute atomic E-state index is 0.146. The Morgan fingerprint density at radius 2 is 1.40 bits per heavy atom. The molecule has 4 rings (SSSR count). The zero-order chi connectivity index (χ0) is 28.5. The van der Waals surface area contributed by atoms with Crippen molar-refractivity contribution in [2.24, 2.45) is 5.10 Å². The van der Waals surface area contributed by atoms with Gasteiger partial charge in [-0.15, -0.1) is 0 Å². The first-order valence-electron chi connectivity index (χ1n) is 12.3. The monoisotopic (exact) mass is 557 g/mol. The van der Waals surface area contributed by atoms with Crippen LogP contribution in [0.25, 0.3) is 0 Å². The number of hydrazone groups is 1. The lowest BCUT2D eigenvalue weighted by atomic mass is 10.2. The van der Waals surface area contributed by atoms with Crippen LogP contribution in [0.1, 0.15) is 38.8 Å². The molecule has 0 aliphatic carbocycles. The Balaban J connectivity index is 1.28. The van der Waals surface area contributed by atoms with E-state index in [1.54, 1.807) is 60.7 Å². The van der Waals surface area contributed by atoms with E-state index in [0.717, 1.165) is 5.56 Å². The van der Waals surface area contributed by atoms with Crippen LogP contribution < -0.4 is 19.6 Å². The number of hydrogen-bond acceptors (Lipinski definition) is 7. The molecule has 1 amide bonds. The average Bonchev–Trinajstić information content (AvgIpc) is 2.95. The third-order valence-electron chi connectivity index (χ3n) is 5.60. The number of carbonyl (C=O) groups excluding carboxylic acids is 2. The third-order valence-corrected chi connectivity index (χ3v) is 7.00. The van der Waals surface area contributed by atoms with Crippen molar-refractivity contribution in [1.29, 1.82) is 0 Å². The topological polar surface area (TPSA) is 123 Å². The van der Waals surface area contributed by atoms with Crippen LogP contribution in [0.15, 0.2) is 107 Å². The highest BCUT2D eigenvalue weighted by atomic mass is 32.2. The van der Waals surface area contributed by atoms with Crippen LogP contribution in [-0.4, -0.2) is 33.1 Å². The van der Waals surface area contributed by atoms with Crippen molar-refractivity contribution in [3.05, 3.63) is 119 Å². The molecule has 0 fully saturated rings. The maximum absolute atomic E-state index is 12.5. The van der Waals surface area contributed by atoms with Gasteiger partial charge in [0.05, 0.1) is 23.3 Å². The van der Waals surface area contributed by atoms with Gasteiger partial charge in [0.15, 0.2) is 0 Å². The predicted octanol–water partition coefficient (Wildman–Crippen LogP) is 5.18. The van der Waals surface area contributed by atoms with Crippen LogP contribution in [-0.2, 0) is 10.0 Å². The molecule has 0 aromatic heterocycles. The number of anilines is 1. The maximum atomic E-state index is 12.5. The molecule has 4 aromatic carbocycles. The summed E-state index contributed by atoms with van der Waals surface area (Å²) in [5.41, 5.74) is 5.07. The summed E-state index contributed by atoms with van der Waals surface area (Å²) < 4.78 is 38.3. The minimum atomic E-state index is -3.74. The van der Waals surface area contributed by atoms with Gasteiger partial charge in [0, 0.05) is 11.3 Å². The molecule has 0 aliphatic rings.